The van der Waals surface area contributed by atoms with Crippen molar-refractivity contribution in [2.75, 3.05) is 0 Å². The predicted molar refractivity (Wildman–Crippen MR) is 56.0 cm³/mol. The van der Waals surface area contributed by atoms with Gasteiger partial charge in [-0.3, -0.25) is 2.78 Å². The SMILES string of the molecule is N#Cc1c(F)c2ccccc2n1I. The van der Waals surface area contributed by atoms with E-state index in [1.54, 1.807) is 18.2 Å². The van der Waals surface area contributed by atoms with Crippen molar-refractivity contribution in [1.29, 1.82) is 5.26 Å². The van der Waals surface area contributed by atoms with Crippen LogP contribution in [0.15, 0.2) is 24.3 Å². The maximum atomic E-state index is 13.4. The van der Waals surface area contributed by atoms with Crippen molar-refractivity contribution in [3.8, 4) is 6.07 Å². The Morgan fingerprint density at radius 3 is 2.69 bits per heavy atom. The van der Waals surface area contributed by atoms with E-state index in [-0.39, 0.29) is 5.69 Å². The molecule has 0 aliphatic carbocycles. The molecular weight excluding hydrogens is 282 g/mol. The largest absolute Gasteiger partial charge is 0.270 e. The molecule has 0 aliphatic heterocycles. The fraction of sp³-hybridized carbons (Fsp3) is 0. The lowest BCUT2D eigenvalue weighted by atomic mass is 10.2. The standard InChI is InChI=1S/C9H4FIN2/c10-9-6-3-1-2-4-7(6)13(11)8(9)5-12/h1-4H. The van der Waals surface area contributed by atoms with Gasteiger partial charge in [-0.1, -0.05) is 12.1 Å². The molecule has 0 atom stereocenters. The van der Waals surface area contributed by atoms with Crippen molar-refractivity contribution >= 4 is 33.8 Å². The van der Waals surface area contributed by atoms with Gasteiger partial charge in [0.15, 0.2) is 11.5 Å². The van der Waals surface area contributed by atoms with Gasteiger partial charge in [0.1, 0.15) is 6.07 Å². The summed E-state index contributed by atoms with van der Waals surface area (Å²) in [6.45, 7) is 0. The summed E-state index contributed by atoms with van der Waals surface area (Å²) in [5.41, 5.74) is 0.805. The maximum Gasteiger partial charge on any atom is 0.167 e. The molecule has 0 unspecified atom stereocenters. The first kappa shape index (κ1) is 8.51. The minimum atomic E-state index is -0.437. The topological polar surface area (TPSA) is 28.7 Å². The Morgan fingerprint density at radius 2 is 2.08 bits per heavy atom. The molecule has 0 aliphatic rings. The molecule has 64 valence electrons. The summed E-state index contributed by atoms with van der Waals surface area (Å²) in [5.74, 6) is -0.437. The van der Waals surface area contributed by atoms with Gasteiger partial charge >= 0.3 is 0 Å². The van der Waals surface area contributed by atoms with Crippen molar-refractivity contribution in [1.82, 2.24) is 2.78 Å². The van der Waals surface area contributed by atoms with Crippen molar-refractivity contribution in [2.24, 2.45) is 0 Å². The number of fused-ring (bicyclic) bond motifs is 1. The first-order valence-corrected chi connectivity index (χ1v) is 4.57. The first-order valence-electron chi connectivity index (χ1n) is 3.61. The Kier molecular flexibility index (Phi) is 1.96. The number of benzene rings is 1. The van der Waals surface area contributed by atoms with Crippen LogP contribution in [0.5, 0.6) is 0 Å². The van der Waals surface area contributed by atoms with Crippen molar-refractivity contribution in [3.05, 3.63) is 35.8 Å². The molecule has 2 aromatic rings. The van der Waals surface area contributed by atoms with Crippen LogP contribution in [0.1, 0.15) is 5.69 Å². The summed E-state index contributed by atoms with van der Waals surface area (Å²) >= 11 is 1.91. The predicted octanol–water partition coefficient (Wildman–Crippen LogP) is 2.85. The van der Waals surface area contributed by atoms with E-state index in [0.717, 1.165) is 5.52 Å². The van der Waals surface area contributed by atoms with E-state index in [4.69, 9.17) is 5.26 Å². The van der Waals surface area contributed by atoms with Gasteiger partial charge in [0, 0.05) is 5.39 Å². The zero-order valence-corrected chi connectivity index (χ0v) is 8.62. The summed E-state index contributed by atoms with van der Waals surface area (Å²) in [5, 5.41) is 9.18. The molecule has 1 heterocycles. The van der Waals surface area contributed by atoms with Gasteiger partial charge in [0.25, 0.3) is 0 Å². The van der Waals surface area contributed by atoms with E-state index in [1.165, 1.54) is 2.78 Å². The Labute approximate surface area is 88.1 Å². The fourth-order valence-corrected chi connectivity index (χ4v) is 2.00. The van der Waals surface area contributed by atoms with E-state index in [0.29, 0.717) is 5.39 Å². The number of nitriles is 1. The average molecular weight is 286 g/mol. The number of halogens is 2. The molecule has 0 fully saturated rings. The van der Waals surface area contributed by atoms with Crippen LogP contribution in [0.4, 0.5) is 4.39 Å². The lowest BCUT2D eigenvalue weighted by molar-refractivity contribution is 0.634. The zero-order chi connectivity index (χ0) is 9.42. The molecule has 1 aromatic heterocycles. The number of rotatable bonds is 0. The van der Waals surface area contributed by atoms with Crippen LogP contribution >= 0.6 is 22.9 Å². The highest BCUT2D eigenvalue weighted by molar-refractivity contribution is 14.1. The molecule has 13 heavy (non-hydrogen) atoms. The molecule has 0 saturated heterocycles. The lowest BCUT2D eigenvalue weighted by Gasteiger charge is -1.91. The van der Waals surface area contributed by atoms with E-state index < -0.39 is 5.82 Å². The Morgan fingerprint density at radius 1 is 1.38 bits per heavy atom. The molecule has 0 radical (unpaired) electrons. The minimum absolute atomic E-state index is 0.0711. The second-order valence-electron chi connectivity index (χ2n) is 2.57. The quantitative estimate of drug-likeness (QED) is 0.684. The van der Waals surface area contributed by atoms with Crippen LogP contribution in [0.3, 0.4) is 0 Å². The third-order valence-electron chi connectivity index (χ3n) is 1.86. The average Bonchev–Trinajstić information content (AvgIpc) is 2.41. The maximum absolute atomic E-state index is 13.4. The highest BCUT2D eigenvalue weighted by Crippen LogP contribution is 2.25. The summed E-state index contributed by atoms with van der Waals surface area (Å²) in [6, 6.07) is 8.85. The molecule has 0 spiro atoms. The Balaban J connectivity index is 2.99. The lowest BCUT2D eigenvalue weighted by Crippen LogP contribution is -1.83. The smallest absolute Gasteiger partial charge is 0.167 e. The van der Waals surface area contributed by atoms with Crippen molar-refractivity contribution < 1.29 is 4.39 Å². The number of hydrogen-bond acceptors (Lipinski definition) is 1. The van der Waals surface area contributed by atoms with Crippen LogP contribution in [0, 0.1) is 17.1 Å². The zero-order valence-electron chi connectivity index (χ0n) is 6.46. The molecule has 2 rings (SSSR count). The Bertz CT molecular complexity index is 471. The molecule has 0 saturated carbocycles. The highest BCUT2D eigenvalue weighted by Gasteiger charge is 2.14. The first-order chi connectivity index (χ1) is 6.25. The van der Waals surface area contributed by atoms with Crippen LogP contribution in [-0.2, 0) is 0 Å². The second kappa shape index (κ2) is 3.00. The number of aromatic nitrogens is 1. The summed E-state index contributed by atoms with van der Waals surface area (Å²) in [4.78, 5) is 0. The molecule has 1 aromatic carbocycles. The normalized spacial score (nSPS) is 10.2. The van der Waals surface area contributed by atoms with E-state index in [2.05, 4.69) is 0 Å². The number of para-hydroxylation sites is 1. The van der Waals surface area contributed by atoms with Crippen molar-refractivity contribution in [3.63, 3.8) is 0 Å². The van der Waals surface area contributed by atoms with Gasteiger partial charge < -0.3 is 0 Å². The monoisotopic (exact) mass is 286 g/mol. The van der Waals surface area contributed by atoms with Crippen molar-refractivity contribution in [2.45, 2.75) is 0 Å². The summed E-state index contributed by atoms with van der Waals surface area (Å²) < 4.78 is 15.0. The van der Waals surface area contributed by atoms with E-state index in [9.17, 15) is 4.39 Å². The van der Waals surface area contributed by atoms with Gasteiger partial charge in [0.05, 0.1) is 28.4 Å². The van der Waals surface area contributed by atoms with Gasteiger partial charge in [-0.2, -0.15) is 5.26 Å². The van der Waals surface area contributed by atoms with Crippen LogP contribution < -0.4 is 0 Å². The molecule has 0 N–H and O–H groups in total. The molecule has 4 heteroatoms. The van der Waals surface area contributed by atoms with Gasteiger partial charge in [-0.25, -0.2) is 4.39 Å². The number of hydrogen-bond donors (Lipinski definition) is 0. The van der Waals surface area contributed by atoms with Gasteiger partial charge in [0.2, 0.25) is 0 Å². The molecule has 0 bridgehead atoms. The van der Waals surface area contributed by atoms with Crippen LogP contribution in [-0.4, -0.2) is 2.78 Å². The molecular formula is C9H4FIN2. The Hall–Kier alpha value is -1.09. The second-order valence-corrected chi connectivity index (χ2v) is 3.54. The van der Waals surface area contributed by atoms with Crippen LogP contribution in [0.25, 0.3) is 10.9 Å². The third kappa shape index (κ3) is 1.11. The van der Waals surface area contributed by atoms with E-state index in [1.807, 2.05) is 35.0 Å². The fourth-order valence-electron chi connectivity index (χ4n) is 1.26. The van der Waals surface area contributed by atoms with E-state index >= 15 is 0 Å². The molecule has 0 amide bonds. The highest BCUT2D eigenvalue weighted by atomic mass is 127. The van der Waals surface area contributed by atoms with Gasteiger partial charge in [-0.05, 0) is 12.1 Å². The minimum Gasteiger partial charge on any atom is -0.270 e. The number of nitrogens with zero attached hydrogens (tertiary/aromatic N) is 2. The molecule has 2 nitrogen and oxygen atoms in total. The van der Waals surface area contributed by atoms with Gasteiger partial charge in [-0.15, -0.1) is 0 Å². The van der Waals surface area contributed by atoms with Crippen LogP contribution in [0.2, 0.25) is 0 Å². The third-order valence-corrected chi connectivity index (χ3v) is 2.86. The summed E-state index contributed by atoms with van der Waals surface area (Å²) in [6.07, 6.45) is 0. The summed E-state index contributed by atoms with van der Waals surface area (Å²) in [7, 11) is 0.